The van der Waals surface area contributed by atoms with Gasteiger partial charge in [0.05, 0.1) is 6.61 Å². The number of aromatic amines is 1. The zero-order valence-electron chi connectivity index (χ0n) is 11.6. The fraction of sp³-hybridized carbons (Fsp3) is 0.500. The quantitative estimate of drug-likeness (QED) is 0.682. The minimum absolute atomic E-state index is 0.300. The molecule has 21 heavy (non-hydrogen) atoms. The molecule has 2 aromatic heterocycles. The minimum Gasteiger partial charge on any atom is -0.464 e. The first-order valence-corrected chi connectivity index (χ1v) is 6.79. The van der Waals surface area contributed by atoms with Gasteiger partial charge >= 0.3 is 11.7 Å². The molecule has 112 valence electrons. The first-order valence-electron chi connectivity index (χ1n) is 6.79. The van der Waals surface area contributed by atoms with Gasteiger partial charge in [0.1, 0.15) is 6.04 Å². The van der Waals surface area contributed by atoms with Crippen molar-refractivity contribution in [2.24, 2.45) is 0 Å². The Balaban J connectivity index is 1.95. The maximum Gasteiger partial charge on any atom is 0.364 e. The van der Waals surface area contributed by atoms with E-state index < -0.39 is 11.7 Å². The van der Waals surface area contributed by atoms with E-state index in [4.69, 9.17) is 4.74 Å². The predicted octanol–water partition coefficient (Wildman–Crippen LogP) is -1.24. The van der Waals surface area contributed by atoms with Gasteiger partial charge in [-0.3, -0.25) is 0 Å². The van der Waals surface area contributed by atoms with Gasteiger partial charge in [0, 0.05) is 19.6 Å². The number of H-pyrrole nitrogens is 1. The topological polar surface area (TPSA) is 105 Å². The van der Waals surface area contributed by atoms with Gasteiger partial charge in [0.15, 0.2) is 11.5 Å². The third-order valence-corrected chi connectivity index (χ3v) is 3.36. The molecule has 0 bridgehead atoms. The van der Waals surface area contributed by atoms with Gasteiger partial charge in [-0.25, -0.2) is 14.7 Å². The Bertz CT molecular complexity index is 708. The van der Waals surface area contributed by atoms with Gasteiger partial charge in [0.25, 0.3) is 0 Å². The average molecular weight is 292 g/mol. The Labute approximate surface area is 119 Å². The lowest BCUT2D eigenvalue weighted by molar-refractivity contribution is -0.144. The summed E-state index contributed by atoms with van der Waals surface area (Å²) in [6, 6.07) is 2.98. The number of piperazine rings is 1. The summed E-state index contributed by atoms with van der Waals surface area (Å²) in [7, 11) is 0. The lowest BCUT2D eigenvalue weighted by atomic mass is 10.2. The Kier molecular flexibility index (Phi) is 3.57. The van der Waals surface area contributed by atoms with Gasteiger partial charge in [-0.1, -0.05) is 0 Å². The number of ether oxygens (including phenoxy) is 1. The highest BCUT2D eigenvalue weighted by Gasteiger charge is 2.31. The molecule has 3 rings (SSSR count). The van der Waals surface area contributed by atoms with Crippen molar-refractivity contribution in [2.75, 3.05) is 31.1 Å². The number of nitrogens with one attached hydrogen (secondary N) is 2. The lowest BCUT2D eigenvalue weighted by Crippen LogP contribution is -2.56. The Morgan fingerprint density at radius 2 is 2.38 bits per heavy atom. The zero-order valence-corrected chi connectivity index (χ0v) is 11.6. The Hall–Kier alpha value is -2.42. The first kappa shape index (κ1) is 13.6. The Morgan fingerprint density at radius 3 is 3.19 bits per heavy atom. The van der Waals surface area contributed by atoms with E-state index in [-0.39, 0.29) is 5.97 Å². The van der Waals surface area contributed by atoms with E-state index in [0.717, 1.165) is 6.54 Å². The molecule has 1 atom stereocenters. The van der Waals surface area contributed by atoms with E-state index >= 15 is 0 Å². The van der Waals surface area contributed by atoms with Crippen LogP contribution in [0.2, 0.25) is 0 Å². The van der Waals surface area contributed by atoms with Crippen LogP contribution in [0.15, 0.2) is 16.9 Å². The van der Waals surface area contributed by atoms with Crippen LogP contribution in [0.5, 0.6) is 0 Å². The third-order valence-electron chi connectivity index (χ3n) is 3.36. The number of aromatic nitrogens is 4. The van der Waals surface area contributed by atoms with Gasteiger partial charge in [-0.05, 0) is 19.1 Å². The van der Waals surface area contributed by atoms with Crippen molar-refractivity contribution in [1.82, 2.24) is 25.1 Å². The molecule has 0 amide bonds. The van der Waals surface area contributed by atoms with Crippen LogP contribution in [-0.2, 0) is 9.53 Å². The normalized spacial score (nSPS) is 18.9. The predicted molar refractivity (Wildman–Crippen MR) is 74.2 cm³/mol. The highest BCUT2D eigenvalue weighted by molar-refractivity contribution is 5.80. The molecule has 9 heteroatoms. The number of nitrogens with zero attached hydrogens (tertiary/aromatic N) is 4. The second kappa shape index (κ2) is 5.52. The molecular formula is C12H16N6O3. The summed E-state index contributed by atoms with van der Waals surface area (Å²) in [6.07, 6.45) is 0. The van der Waals surface area contributed by atoms with Crippen LogP contribution in [0, 0.1) is 0 Å². The standard InChI is InChI=1S/C12H16N6O3/c1-2-21-11(19)8-7-13-5-6-17(8)10-4-3-9-14-15-12(20)18(9)16-10/h3-4,8,13H,2,5-7H2,1H3,(H,15,20). The number of rotatable bonds is 3. The zero-order chi connectivity index (χ0) is 14.8. The maximum atomic E-state index is 12.0. The summed E-state index contributed by atoms with van der Waals surface area (Å²) in [6.45, 7) is 3.92. The van der Waals surface area contributed by atoms with Crippen molar-refractivity contribution in [3.63, 3.8) is 0 Å². The fourth-order valence-corrected chi connectivity index (χ4v) is 2.37. The summed E-state index contributed by atoms with van der Waals surface area (Å²) < 4.78 is 6.27. The molecule has 1 fully saturated rings. The van der Waals surface area contributed by atoms with Gasteiger partial charge in [0.2, 0.25) is 0 Å². The smallest absolute Gasteiger partial charge is 0.364 e. The second-order valence-electron chi connectivity index (χ2n) is 4.66. The number of hydrogen-bond acceptors (Lipinski definition) is 7. The van der Waals surface area contributed by atoms with Crippen LogP contribution < -0.4 is 15.9 Å². The van der Waals surface area contributed by atoms with E-state index in [1.807, 2.05) is 4.90 Å². The molecule has 0 saturated carbocycles. The number of hydrogen-bond donors (Lipinski definition) is 2. The van der Waals surface area contributed by atoms with Gasteiger partial charge < -0.3 is 15.0 Å². The maximum absolute atomic E-state index is 12.0. The van der Waals surface area contributed by atoms with E-state index in [2.05, 4.69) is 20.6 Å². The monoisotopic (exact) mass is 292 g/mol. The summed E-state index contributed by atoms with van der Waals surface area (Å²) in [4.78, 5) is 25.5. The highest BCUT2D eigenvalue weighted by Crippen LogP contribution is 2.16. The largest absolute Gasteiger partial charge is 0.464 e. The Morgan fingerprint density at radius 1 is 1.52 bits per heavy atom. The minimum atomic E-state index is -0.453. The molecule has 1 saturated heterocycles. The molecule has 1 unspecified atom stereocenters. The number of fused-ring (bicyclic) bond motifs is 1. The number of esters is 1. The van der Waals surface area contributed by atoms with Crippen molar-refractivity contribution in [2.45, 2.75) is 13.0 Å². The van der Waals surface area contributed by atoms with Crippen LogP contribution in [0.25, 0.3) is 5.65 Å². The van der Waals surface area contributed by atoms with E-state index in [0.29, 0.717) is 31.2 Å². The molecule has 1 aliphatic heterocycles. The number of carbonyl (C=O) groups is 1. The average Bonchev–Trinajstić information content (AvgIpc) is 2.88. The van der Waals surface area contributed by atoms with Crippen LogP contribution in [-0.4, -0.2) is 58.1 Å². The van der Waals surface area contributed by atoms with E-state index in [1.54, 1.807) is 19.1 Å². The van der Waals surface area contributed by atoms with Crippen LogP contribution in [0.1, 0.15) is 6.92 Å². The van der Waals surface area contributed by atoms with Crippen LogP contribution >= 0.6 is 0 Å². The first-order chi connectivity index (χ1) is 10.2. The summed E-state index contributed by atoms with van der Waals surface area (Å²) >= 11 is 0. The molecule has 0 aliphatic carbocycles. The molecule has 1 aliphatic rings. The fourth-order valence-electron chi connectivity index (χ4n) is 2.37. The SMILES string of the molecule is CCOC(=O)C1CNCCN1c1ccc2n[nH]c(=O)n2n1. The summed E-state index contributed by atoms with van der Waals surface area (Å²) in [5, 5.41) is 13.6. The van der Waals surface area contributed by atoms with Crippen molar-refractivity contribution in [3.8, 4) is 0 Å². The summed E-state index contributed by atoms with van der Waals surface area (Å²) in [5.41, 5.74) is 0.0289. The molecule has 0 spiro atoms. The molecule has 2 N–H and O–H groups in total. The van der Waals surface area contributed by atoms with Crippen LogP contribution in [0.3, 0.4) is 0 Å². The molecule has 3 heterocycles. The van der Waals surface area contributed by atoms with Gasteiger partial charge in [-0.2, -0.15) is 9.61 Å². The molecular weight excluding hydrogens is 276 g/mol. The van der Waals surface area contributed by atoms with E-state index in [1.165, 1.54) is 4.52 Å². The number of carbonyl (C=O) groups excluding carboxylic acids is 1. The van der Waals surface area contributed by atoms with Crippen molar-refractivity contribution < 1.29 is 9.53 Å². The van der Waals surface area contributed by atoms with Crippen molar-refractivity contribution >= 4 is 17.4 Å². The van der Waals surface area contributed by atoms with Gasteiger partial charge in [-0.15, -0.1) is 5.10 Å². The highest BCUT2D eigenvalue weighted by atomic mass is 16.5. The van der Waals surface area contributed by atoms with Crippen LogP contribution in [0.4, 0.5) is 5.82 Å². The van der Waals surface area contributed by atoms with Crippen molar-refractivity contribution in [1.29, 1.82) is 0 Å². The molecule has 9 nitrogen and oxygen atoms in total. The van der Waals surface area contributed by atoms with E-state index in [9.17, 15) is 9.59 Å². The third kappa shape index (κ3) is 2.47. The molecule has 0 aromatic carbocycles. The molecule has 2 aromatic rings. The molecule has 0 radical (unpaired) electrons. The number of anilines is 1. The summed E-state index contributed by atoms with van der Waals surface area (Å²) in [5.74, 6) is 0.247. The van der Waals surface area contributed by atoms with Crippen molar-refractivity contribution in [3.05, 3.63) is 22.6 Å². The second-order valence-corrected chi connectivity index (χ2v) is 4.66. The lowest BCUT2D eigenvalue weighted by Gasteiger charge is -2.35.